The van der Waals surface area contributed by atoms with Gasteiger partial charge in [-0.3, -0.25) is 0 Å². The minimum absolute atomic E-state index is 0.254. The van der Waals surface area contributed by atoms with Crippen LogP contribution in [0.2, 0.25) is 10.0 Å². The molecule has 0 spiro atoms. The maximum atomic E-state index is 13.6. The molecule has 6 heteroatoms. The fraction of sp³-hybridized carbons (Fsp3) is 0.103. The molecule has 5 rings (SSSR count). The predicted molar refractivity (Wildman–Crippen MR) is 144 cm³/mol. The van der Waals surface area contributed by atoms with Gasteiger partial charge < -0.3 is 5.32 Å². The monoisotopic (exact) mass is 499 g/mol. The highest BCUT2D eigenvalue weighted by Gasteiger charge is 2.33. The van der Waals surface area contributed by atoms with Crippen molar-refractivity contribution in [2.45, 2.75) is 19.4 Å². The highest BCUT2D eigenvalue weighted by Crippen LogP contribution is 2.35. The molecule has 174 valence electrons. The van der Waals surface area contributed by atoms with Gasteiger partial charge in [0.2, 0.25) is 0 Å². The van der Waals surface area contributed by atoms with Gasteiger partial charge in [-0.25, -0.2) is 9.80 Å². The van der Waals surface area contributed by atoms with Crippen LogP contribution in [0.3, 0.4) is 0 Å². The molecule has 0 saturated carbocycles. The Labute approximate surface area is 214 Å². The first-order valence-corrected chi connectivity index (χ1v) is 12.1. The van der Waals surface area contributed by atoms with Crippen LogP contribution in [0, 0.1) is 6.92 Å². The van der Waals surface area contributed by atoms with Crippen molar-refractivity contribution < 1.29 is 4.79 Å². The van der Waals surface area contributed by atoms with Crippen molar-refractivity contribution >= 4 is 40.6 Å². The largest absolute Gasteiger partial charge is 0.342 e. The van der Waals surface area contributed by atoms with Crippen LogP contribution in [0.25, 0.3) is 11.1 Å². The van der Waals surface area contributed by atoms with E-state index in [0.717, 1.165) is 39.2 Å². The summed E-state index contributed by atoms with van der Waals surface area (Å²) in [7, 11) is 0. The number of rotatable bonds is 4. The smallest absolute Gasteiger partial charge is 0.306 e. The molecule has 0 fully saturated rings. The van der Waals surface area contributed by atoms with Crippen molar-refractivity contribution in [2.75, 3.05) is 5.32 Å². The standard InChI is InChI=1S/C29H23Cl2N3O/c1-19-25(20-6-3-2-4-7-20)8-5-9-26(19)32-29(35)34-28(22-12-16-24(31)17-13-22)18-27(33-34)21-10-14-23(30)15-11-21/h2-17,28H,18H2,1H3,(H,32,35)/t28-/m0/s1. The van der Waals surface area contributed by atoms with Gasteiger partial charge in [0.1, 0.15) is 0 Å². The molecule has 1 aliphatic heterocycles. The Hall–Kier alpha value is -3.60. The Morgan fingerprint density at radius 1 is 0.829 bits per heavy atom. The van der Waals surface area contributed by atoms with Gasteiger partial charge >= 0.3 is 6.03 Å². The predicted octanol–water partition coefficient (Wildman–Crippen LogP) is 8.35. The number of nitrogens with one attached hydrogen (secondary N) is 1. The molecule has 4 aromatic carbocycles. The molecule has 4 nitrogen and oxygen atoms in total. The summed E-state index contributed by atoms with van der Waals surface area (Å²) in [5, 5.41) is 10.7. The van der Waals surface area contributed by atoms with E-state index in [1.165, 1.54) is 5.01 Å². The van der Waals surface area contributed by atoms with Gasteiger partial charge in [-0.1, -0.05) is 89.9 Å². The highest BCUT2D eigenvalue weighted by atomic mass is 35.5. The molecule has 0 unspecified atom stereocenters. The summed E-state index contributed by atoms with van der Waals surface area (Å²) in [5.74, 6) is 0. The van der Waals surface area contributed by atoms with E-state index in [1.54, 1.807) is 0 Å². The second-order valence-corrected chi connectivity index (χ2v) is 9.32. The Kier molecular flexibility index (Phi) is 6.58. The number of carbonyl (C=O) groups excluding carboxylic acids is 1. The highest BCUT2D eigenvalue weighted by molar-refractivity contribution is 6.31. The lowest BCUT2D eigenvalue weighted by molar-refractivity contribution is 0.200. The third-order valence-electron chi connectivity index (χ3n) is 6.21. The van der Waals surface area contributed by atoms with E-state index < -0.39 is 0 Å². The summed E-state index contributed by atoms with van der Waals surface area (Å²) < 4.78 is 0. The molecule has 0 radical (unpaired) electrons. The summed E-state index contributed by atoms with van der Waals surface area (Å²) >= 11 is 12.2. The van der Waals surface area contributed by atoms with Gasteiger partial charge in [-0.05, 0) is 65.1 Å². The topological polar surface area (TPSA) is 44.7 Å². The van der Waals surface area contributed by atoms with Crippen molar-refractivity contribution in [3.63, 3.8) is 0 Å². The first-order chi connectivity index (χ1) is 17.0. The zero-order valence-corrected chi connectivity index (χ0v) is 20.6. The van der Waals surface area contributed by atoms with Gasteiger partial charge in [0.05, 0.1) is 11.8 Å². The number of anilines is 1. The van der Waals surface area contributed by atoms with Gasteiger partial charge in [0.25, 0.3) is 0 Å². The summed E-state index contributed by atoms with van der Waals surface area (Å²) in [6.07, 6.45) is 0.583. The second kappa shape index (κ2) is 9.95. The summed E-state index contributed by atoms with van der Waals surface area (Å²) in [4.78, 5) is 13.6. The number of nitrogens with zero attached hydrogens (tertiary/aromatic N) is 2. The molecule has 1 aliphatic rings. The summed E-state index contributed by atoms with van der Waals surface area (Å²) in [6.45, 7) is 2.01. The minimum Gasteiger partial charge on any atom is -0.306 e. The molecule has 0 saturated heterocycles. The zero-order chi connectivity index (χ0) is 24.4. The number of halogens is 2. The normalized spacial score (nSPS) is 15.1. The molecule has 4 aromatic rings. The van der Waals surface area contributed by atoms with E-state index in [2.05, 4.69) is 23.5 Å². The van der Waals surface area contributed by atoms with Crippen LogP contribution in [0.1, 0.15) is 29.2 Å². The van der Waals surface area contributed by atoms with E-state index >= 15 is 0 Å². The number of hydrazone groups is 1. The van der Waals surface area contributed by atoms with E-state index in [0.29, 0.717) is 16.5 Å². The first kappa shape index (κ1) is 23.2. The van der Waals surface area contributed by atoms with E-state index in [4.69, 9.17) is 28.3 Å². The van der Waals surface area contributed by atoms with Crippen molar-refractivity contribution in [2.24, 2.45) is 5.10 Å². The van der Waals surface area contributed by atoms with Crippen LogP contribution in [-0.2, 0) is 0 Å². The number of amides is 2. The molecule has 2 amide bonds. The molecule has 1 atom stereocenters. The number of hydrogen-bond donors (Lipinski definition) is 1. The lowest BCUT2D eigenvalue weighted by Gasteiger charge is -2.23. The Morgan fingerprint density at radius 3 is 2.17 bits per heavy atom. The van der Waals surface area contributed by atoms with Crippen LogP contribution in [0.4, 0.5) is 10.5 Å². The number of urea groups is 1. The molecule has 0 bridgehead atoms. The number of carbonyl (C=O) groups is 1. The minimum atomic E-state index is -0.290. The van der Waals surface area contributed by atoms with E-state index in [1.807, 2.05) is 85.8 Å². The third-order valence-corrected chi connectivity index (χ3v) is 6.71. The van der Waals surface area contributed by atoms with Gasteiger partial charge in [0.15, 0.2) is 0 Å². The van der Waals surface area contributed by atoms with Crippen LogP contribution in [-0.4, -0.2) is 16.8 Å². The Bertz CT molecular complexity index is 1380. The SMILES string of the molecule is Cc1c(NC(=O)N2N=C(c3ccc(Cl)cc3)C[C@H]2c2ccc(Cl)cc2)cccc1-c1ccccc1. The molecule has 0 aromatic heterocycles. The van der Waals surface area contributed by atoms with Crippen LogP contribution < -0.4 is 5.32 Å². The molecule has 0 aliphatic carbocycles. The van der Waals surface area contributed by atoms with Gasteiger partial charge in [-0.15, -0.1) is 0 Å². The fourth-order valence-electron chi connectivity index (χ4n) is 4.33. The first-order valence-electron chi connectivity index (χ1n) is 11.3. The van der Waals surface area contributed by atoms with Crippen molar-refractivity contribution in [1.29, 1.82) is 0 Å². The van der Waals surface area contributed by atoms with Gasteiger partial charge in [0, 0.05) is 22.2 Å². The summed E-state index contributed by atoms with van der Waals surface area (Å²) in [5.41, 5.74) is 6.65. The quantitative estimate of drug-likeness (QED) is 0.301. The molecule has 1 heterocycles. The van der Waals surface area contributed by atoms with Crippen molar-refractivity contribution in [3.8, 4) is 11.1 Å². The van der Waals surface area contributed by atoms with Crippen LogP contribution >= 0.6 is 23.2 Å². The van der Waals surface area contributed by atoms with E-state index in [9.17, 15) is 4.79 Å². The van der Waals surface area contributed by atoms with Crippen LogP contribution in [0.15, 0.2) is 102 Å². The maximum Gasteiger partial charge on any atom is 0.342 e. The number of hydrogen-bond acceptors (Lipinski definition) is 2. The lowest BCUT2D eigenvalue weighted by Crippen LogP contribution is -2.31. The second-order valence-electron chi connectivity index (χ2n) is 8.44. The molecular weight excluding hydrogens is 477 g/mol. The molecule has 35 heavy (non-hydrogen) atoms. The van der Waals surface area contributed by atoms with Crippen molar-refractivity contribution in [1.82, 2.24) is 5.01 Å². The molecular formula is C29H23Cl2N3O. The lowest BCUT2D eigenvalue weighted by atomic mass is 9.98. The maximum absolute atomic E-state index is 13.6. The average Bonchev–Trinajstić information content (AvgIpc) is 3.32. The van der Waals surface area contributed by atoms with Crippen molar-refractivity contribution in [3.05, 3.63) is 124 Å². The molecule has 1 N–H and O–H groups in total. The van der Waals surface area contributed by atoms with Gasteiger partial charge in [-0.2, -0.15) is 5.10 Å². The zero-order valence-electron chi connectivity index (χ0n) is 19.1. The van der Waals surface area contributed by atoms with E-state index in [-0.39, 0.29) is 12.1 Å². The Balaban J connectivity index is 1.47. The Morgan fingerprint density at radius 2 is 1.49 bits per heavy atom. The fourth-order valence-corrected chi connectivity index (χ4v) is 4.58. The number of benzene rings is 4. The third kappa shape index (κ3) is 4.95. The van der Waals surface area contributed by atoms with Crippen LogP contribution in [0.5, 0.6) is 0 Å². The average molecular weight is 500 g/mol. The summed E-state index contributed by atoms with van der Waals surface area (Å²) in [6, 6.07) is 30.6.